The largest absolute Gasteiger partial charge is 0.329 e. The molecule has 0 heterocycles. The second kappa shape index (κ2) is 3.09. The maximum Gasteiger partial charge on any atom is 0.211 e. The molecule has 11 heavy (non-hydrogen) atoms. The van der Waals surface area contributed by atoms with E-state index in [0.29, 0.717) is 6.41 Å². The zero-order valence-electron chi connectivity index (χ0n) is 5.47. The quantitative estimate of drug-likeness (QED) is 0.648. The molecule has 1 aromatic rings. The fraction of sp³-hybridized carbons (Fsp3) is 0. The third kappa shape index (κ3) is 1.73. The molecule has 0 saturated carbocycles. The van der Waals surface area contributed by atoms with Gasteiger partial charge in [0, 0.05) is 11.8 Å². The molecule has 0 atom stereocenters. The molecule has 1 rings (SSSR count). The number of hydrogen-bond acceptors (Lipinski definition) is 1. The Morgan fingerprint density at radius 3 is 2.55 bits per heavy atom. The van der Waals surface area contributed by atoms with Gasteiger partial charge in [0.05, 0.1) is 0 Å². The number of anilines is 1. The molecule has 1 N–H and O–H groups in total. The van der Waals surface area contributed by atoms with E-state index < -0.39 is 11.6 Å². The molecule has 1 aromatic carbocycles. The number of carbonyl (C=O) groups is 1. The molecular formula is C7H5F2NO. The maximum absolute atomic E-state index is 12.4. The van der Waals surface area contributed by atoms with E-state index in [2.05, 4.69) is 5.32 Å². The fourth-order valence-corrected chi connectivity index (χ4v) is 0.654. The van der Waals surface area contributed by atoms with Crippen LogP contribution in [0.2, 0.25) is 0 Å². The molecule has 0 aromatic heterocycles. The van der Waals surface area contributed by atoms with Crippen molar-refractivity contribution in [3.63, 3.8) is 0 Å². The molecule has 0 bridgehead atoms. The molecule has 0 saturated heterocycles. The summed E-state index contributed by atoms with van der Waals surface area (Å²) in [6.45, 7) is 0. The summed E-state index contributed by atoms with van der Waals surface area (Å²) in [4.78, 5) is 9.84. The number of hydrogen-bond donors (Lipinski definition) is 1. The van der Waals surface area contributed by atoms with E-state index in [1.807, 2.05) is 0 Å². The second-order valence-electron chi connectivity index (χ2n) is 1.89. The number of carbonyl (C=O) groups excluding carboxylic acids is 1. The second-order valence-corrected chi connectivity index (χ2v) is 1.89. The summed E-state index contributed by atoms with van der Waals surface area (Å²) in [5.74, 6) is -1.90. The maximum atomic E-state index is 12.4. The zero-order chi connectivity index (χ0) is 8.27. The van der Waals surface area contributed by atoms with Crippen LogP contribution in [0, 0.1) is 11.6 Å². The first kappa shape index (κ1) is 7.65. The van der Waals surface area contributed by atoms with Crippen molar-refractivity contribution in [3.05, 3.63) is 29.8 Å². The van der Waals surface area contributed by atoms with E-state index in [4.69, 9.17) is 0 Å². The van der Waals surface area contributed by atoms with E-state index in [9.17, 15) is 13.6 Å². The summed E-state index contributed by atoms with van der Waals surface area (Å²) in [5.41, 5.74) is 0.235. The van der Waals surface area contributed by atoms with Gasteiger partial charge in [-0.15, -0.1) is 0 Å². The highest BCUT2D eigenvalue weighted by atomic mass is 19.2. The minimum atomic E-state index is -0.975. The lowest BCUT2D eigenvalue weighted by atomic mass is 10.3. The van der Waals surface area contributed by atoms with E-state index >= 15 is 0 Å². The van der Waals surface area contributed by atoms with Crippen molar-refractivity contribution >= 4 is 12.1 Å². The van der Waals surface area contributed by atoms with E-state index in [-0.39, 0.29) is 5.69 Å². The average Bonchev–Trinajstić information content (AvgIpc) is 1.98. The van der Waals surface area contributed by atoms with Gasteiger partial charge in [0.15, 0.2) is 11.6 Å². The molecule has 0 aliphatic heterocycles. The lowest BCUT2D eigenvalue weighted by Crippen LogP contribution is -1.94. The first-order valence-electron chi connectivity index (χ1n) is 2.89. The first-order chi connectivity index (χ1) is 5.24. The molecule has 0 aliphatic carbocycles. The van der Waals surface area contributed by atoms with Crippen LogP contribution < -0.4 is 5.32 Å². The third-order valence-corrected chi connectivity index (χ3v) is 1.15. The van der Waals surface area contributed by atoms with Crippen LogP contribution in [0.1, 0.15) is 0 Å². The molecule has 0 unspecified atom stereocenters. The van der Waals surface area contributed by atoms with Crippen LogP contribution >= 0.6 is 0 Å². The Bertz CT molecular complexity index is 275. The van der Waals surface area contributed by atoms with Crippen molar-refractivity contribution in [1.29, 1.82) is 0 Å². The van der Waals surface area contributed by atoms with Gasteiger partial charge in [-0.3, -0.25) is 4.79 Å². The van der Waals surface area contributed by atoms with Crippen LogP contribution in [0.4, 0.5) is 14.5 Å². The Hall–Kier alpha value is -1.45. The topological polar surface area (TPSA) is 29.1 Å². The van der Waals surface area contributed by atoms with Crippen molar-refractivity contribution in [2.24, 2.45) is 0 Å². The average molecular weight is 157 g/mol. The summed E-state index contributed by atoms with van der Waals surface area (Å²) in [6.07, 6.45) is 0.396. The SMILES string of the molecule is O=CNc1ccc(F)c(F)c1. The van der Waals surface area contributed by atoms with Crippen molar-refractivity contribution in [3.8, 4) is 0 Å². The standard InChI is InChI=1S/C7H5F2NO/c8-6-2-1-5(10-4-11)3-7(6)9/h1-4H,(H,10,11). The number of nitrogens with one attached hydrogen (secondary N) is 1. The number of rotatable bonds is 2. The summed E-state index contributed by atoms with van der Waals surface area (Å²) in [6, 6.07) is 3.12. The molecule has 58 valence electrons. The molecule has 1 amide bonds. The summed E-state index contributed by atoms with van der Waals surface area (Å²) < 4.78 is 24.6. The first-order valence-corrected chi connectivity index (χ1v) is 2.89. The van der Waals surface area contributed by atoms with E-state index in [1.165, 1.54) is 6.07 Å². The van der Waals surface area contributed by atoms with Crippen LogP contribution in [-0.4, -0.2) is 6.41 Å². The lowest BCUT2D eigenvalue weighted by Gasteiger charge is -1.97. The highest BCUT2D eigenvalue weighted by Crippen LogP contribution is 2.11. The summed E-state index contributed by atoms with van der Waals surface area (Å²) in [7, 11) is 0. The predicted molar refractivity (Wildman–Crippen MR) is 36.0 cm³/mol. The molecule has 0 aliphatic rings. The summed E-state index contributed by atoms with van der Waals surface area (Å²) in [5, 5.41) is 2.19. The Labute approximate surface area is 61.8 Å². The highest BCUT2D eigenvalue weighted by molar-refractivity contribution is 5.70. The zero-order valence-corrected chi connectivity index (χ0v) is 5.47. The smallest absolute Gasteiger partial charge is 0.211 e. The molecule has 0 spiro atoms. The van der Waals surface area contributed by atoms with Crippen molar-refractivity contribution in [1.82, 2.24) is 0 Å². The van der Waals surface area contributed by atoms with Crippen LogP contribution in [-0.2, 0) is 4.79 Å². The Morgan fingerprint density at radius 1 is 1.27 bits per heavy atom. The number of benzene rings is 1. The highest BCUT2D eigenvalue weighted by Gasteiger charge is 2.00. The Morgan fingerprint density at radius 2 is 2.00 bits per heavy atom. The summed E-state index contributed by atoms with van der Waals surface area (Å²) >= 11 is 0. The number of amides is 1. The molecule has 4 heteroatoms. The Balaban J connectivity index is 2.95. The van der Waals surface area contributed by atoms with Gasteiger partial charge >= 0.3 is 0 Å². The van der Waals surface area contributed by atoms with Gasteiger partial charge in [-0.1, -0.05) is 0 Å². The van der Waals surface area contributed by atoms with Gasteiger partial charge in [0.1, 0.15) is 0 Å². The van der Waals surface area contributed by atoms with E-state index in [0.717, 1.165) is 12.1 Å². The van der Waals surface area contributed by atoms with Gasteiger partial charge in [-0.2, -0.15) is 0 Å². The van der Waals surface area contributed by atoms with Gasteiger partial charge in [0.2, 0.25) is 6.41 Å². The van der Waals surface area contributed by atoms with Crippen LogP contribution in [0.5, 0.6) is 0 Å². The minimum absolute atomic E-state index is 0.235. The van der Waals surface area contributed by atoms with Crippen molar-refractivity contribution in [2.75, 3.05) is 5.32 Å². The normalized spacial score (nSPS) is 9.27. The van der Waals surface area contributed by atoms with Gasteiger partial charge in [0.25, 0.3) is 0 Å². The minimum Gasteiger partial charge on any atom is -0.329 e. The molecule has 2 nitrogen and oxygen atoms in total. The molecule has 0 fully saturated rings. The Kier molecular flexibility index (Phi) is 2.15. The molecule has 0 radical (unpaired) electrons. The van der Waals surface area contributed by atoms with Crippen molar-refractivity contribution < 1.29 is 13.6 Å². The van der Waals surface area contributed by atoms with Crippen LogP contribution in [0.15, 0.2) is 18.2 Å². The van der Waals surface area contributed by atoms with Crippen molar-refractivity contribution in [2.45, 2.75) is 0 Å². The lowest BCUT2D eigenvalue weighted by molar-refractivity contribution is -0.105. The monoisotopic (exact) mass is 157 g/mol. The van der Waals surface area contributed by atoms with Gasteiger partial charge in [-0.25, -0.2) is 8.78 Å². The molecular weight excluding hydrogens is 152 g/mol. The number of halogens is 2. The van der Waals surface area contributed by atoms with E-state index in [1.54, 1.807) is 0 Å². The predicted octanol–water partition coefficient (Wildman–Crippen LogP) is 1.53. The van der Waals surface area contributed by atoms with Gasteiger partial charge in [-0.05, 0) is 12.1 Å². The fourth-order valence-electron chi connectivity index (χ4n) is 0.654. The van der Waals surface area contributed by atoms with Crippen LogP contribution in [0.3, 0.4) is 0 Å². The van der Waals surface area contributed by atoms with Crippen LogP contribution in [0.25, 0.3) is 0 Å². The van der Waals surface area contributed by atoms with Gasteiger partial charge < -0.3 is 5.32 Å². The third-order valence-electron chi connectivity index (χ3n) is 1.15.